The second-order valence-electron chi connectivity index (χ2n) is 9.34. The number of hydrogen-bond donors (Lipinski definition) is 0. The smallest absolute Gasteiger partial charge is 0.226 e. The number of likely N-dealkylation sites (tertiary alicyclic amines) is 2. The zero-order valence-corrected chi connectivity index (χ0v) is 18.7. The molecule has 0 spiro atoms. The first kappa shape index (κ1) is 21.1. The Morgan fingerprint density at radius 2 is 1.56 bits per heavy atom. The van der Waals surface area contributed by atoms with E-state index in [4.69, 9.17) is 0 Å². The van der Waals surface area contributed by atoms with E-state index >= 15 is 0 Å². The van der Waals surface area contributed by atoms with E-state index in [-0.39, 0.29) is 5.92 Å². The van der Waals surface area contributed by atoms with Gasteiger partial charge in [0.15, 0.2) is 0 Å². The van der Waals surface area contributed by atoms with Crippen molar-refractivity contribution in [1.29, 1.82) is 0 Å². The molecule has 1 atom stereocenters. The molecule has 0 aliphatic carbocycles. The lowest BCUT2D eigenvalue weighted by molar-refractivity contribution is -0.138. The van der Waals surface area contributed by atoms with Crippen molar-refractivity contribution >= 4 is 16.9 Å². The molecule has 2 aliphatic rings. The summed E-state index contributed by atoms with van der Waals surface area (Å²) in [5.41, 5.74) is 4.43. The van der Waals surface area contributed by atoms with Crippen molar-refractivity contribution < 1.29 is 4.79 Å². The van der Waals surface area contributed by atoms with Crippen molar-refractivity contribution in [3.8, 4) is 0 Å². The highest BCUT2D eigenvalue weighted by Gasteiger charge is 2.35. The van der Waals surface area contributed by atoms with Crippen molar-refractivity contribution in [3.05, 3.63) is 72.1 Å². The molecule has 5 rings (SSSR count). The van der Waals surface area contributed by atoms with Crippen LogP contribution in [-0.2, 0) is 17.9 Å². The summed E-state index contributed by atoms with van der Waals surface area (Å²) in [5, 5.41) is 0. The summed E-state index contributed by atoms with van der Waals surface area (Å²) in [6.45, 7) is 4.71. The van der Waals surface area contributed by atoms with Gasteiger partial charge in [0.25, 0.3) is 0 Å². The van der Waals surface area contributed by atoms with Crippen molar-refractivity contribution in [1.82, 2.24) is 19.8 Å². The van der Waals surface area contributed by atoms with Crippen LogP contribution in [0.25, 0.3) is 11.0 Å². The first-order chi connectivity index (χ1) is 15.8. The highest BCUT2D eigenvalue weighted by Crippen LogP contribution is 2.33. The SMILES string of the molecule is O=C1[C@@H](C2CCN(Cc3ccc4nccnc4c3)CC2)CCCCN1Cc1ccccc1. The summed E-state index contributed by atoms with van der Waals surface area (Å²) in [7, 11) is 0. The number of amides is 1. The molecule has 5 heteroatoms. The van der Waals surface area contributed by atoms with Gasteiger partial charge in [-0.3, -0.25) is 19.7 Å². The van der Waals surface area contributed by atoms with Gasteiger partial charge in [-0.05, 0) is 68.0 Å². The minimum absolute atomic E-state index is 0.194. The lowest BCUT2D eigenvalue weighted by Crippen LogP contribution is -2.42. The highest BCUT2D eigenvalue weighted by atomic mass is 16.2. The lowest BCUT2D eigenvalue weighted by atomic mass is 9.81. The van der Waals surface area contributed by atoms with Crippen LogP contribution in [0.2, 0.25) is 0 Å². The fourth-order valence-corrected chi connectivity index (χ4v) is 5.41. The van der Waals surface area contributed by atoms with Crippen LogP contribution in [0, 0.1) is 11.8 Å². The topological polar surface area (TPSA) is 49.3 Å². The molecule has 0 N–H and O–H groups in total. The number of carbonyl (C=O) groups is 1. The Morgan fingerprint density at radius 1 is 0.781 bits per heavy atom. The molecule has 2 saturated heterocycles. The summed E-state index contributed by atoms with van der Waals surface area (Å²) < 4.78 is 0. The minimum Gasteiger partial charge on any atom is -0.338 e. The number of piperidine rings is 1. The Morgan fingerprint density at radius 3 is 2.38 bits per heavy atom. The fraction of sp³-hybridized carbons (Fsp3) is 0.444. The van der Waals surface area contributed by atoms with E-state index in [9.17, 15) is 4.79 Å². The number of rotatable bonds is 5. The van der Waals surface area contributed by atoms with E-state index in [1.54, 1.807) is 12.4 Å². The minimum atomic E-state index is 0.194. The highest BCUT2D eigenvalue weighted by molar-refractivity contribution is 5.79. The van der Waals surface area contributed by atoms with Crippen LogP contribution in [-0.4, -0.2) is 45.3 Å². The van der Waals surface area contributed by atoms with Crippen LogP contribution < -0.4 is 0 Å². The molecule has 3 aromatic rings. The maximum absolute atomic E-state index is 13.4. The Labute approximate surface area is 190 Å². The maximum atomic E-state index is 13.4. The predicted octanol–water partition coefficient (Wildman–Crippen LogP) is 4.67. The van der Waals surface area contributed by atoms with E-state index in [0.29, 0.717) is 11.8 Å². The average molecular weight is 429 g/mol. The molecular formula is C27H32N4O. The second kappa shape index (κ2) is 9.78. The number of benzene rings is 2. The molecule has 5 nitrogen and oxygen atoms in total. The third-order valence-electron chi connectivity index (χ3n) is 7.18. The van der Waals surface area contributed by atoms with Gasteiger partial charge in [0, 0.05) is 37.9 Å². The largest absolute Gasteiger partial charge is 0.338 e. The molecule has 3 heterocycles. The fourth-order valence-electron chi connectivity index (χ4n) is 5.41. The summed E-state index contributed by atoms with van der Waals surface area (Å²) in [6, 6.07) is 16.8. The van der Waals surface area contributed by atoms with Gasteiger partial charge in [0.05, 0.1) is 11.0 Å². The number of fused-ring (bicyclic) bond motifs is 1. The molecule has 166 valence electrons. The van der Waals surface area contributed by atoms with Crippen LogP contribution in [0.1, 0.15) is 43.2 Å². The van der Waals surface area contributed by atoms with Gasteiger partial charge in [0.1, 0.15) is 0 Å². The molecule has 0 radical (unpaired) electrons. The molecule has 2 aromatic carbocycles. The maximum Gasteiger partial charge on any atom is 0.226 e. The van der Waals surface area contributed by atoms with Crippen LogP contribution in [0.3, 0.4) is 0 Å². The van der Waals surface area contributed by atoms with E-state index in [2.05, 4.69) is 62.2 Å². The molecule has 1 aromatic heterocycles. The standard InChI is InChI=1S/C27H32N4O/c32-27-24(8-4-5-15-31(27)20-21-6-2-1-3-7-21)23-11-16-30(17-12-23)19-22-9-10-25-26(18-22)29-14-13-28-25/h1-3,6-7,9-10,13-14,18,23-24H,4-5,8,11-12,15-17,19-20H2/t24-/m1/s1. The third-order valence-corrected chi connectivity index (χ3v) is 7.18. The summed E-state index contributed by atoms with van der Waals surface area (Å²) in [6.07, 6.45) is 9.06. The molecule has 1 amide bonds. The molecule has 0 saturated carbocycles. The lowest BCUT2D eigenvalue weighted by Gasteiger charge is -2.36. The van der Waals surface area contributed by atoms with Gasteiger partial charge < -0.3 is 4.90 Å². The van der Waals surface area contributed by atoms with Gasteiger partial charge in [-0.1, -0.05) is 42.8 Å². The van der Waals surface area contributed by atoms with Crippen molar-refractivity contribution in [3.63, 3.8) is 0 Å². The molecule has 2 aliphatic heterocycles. The van der Waals surface area contributed by atoms with Crippen molar-refractivity contribution in [2.24, 2.45) is 11.8 Å². The van der Waals surface area contributed by atoms with Gasteiger partial charge in [-0.25, -0.2) is 0 Å². The van der Waals surface area contributed by atoms with E-state index in [1.807, 2.05) is 6.07 Å². The molecule has 0 unspecified atom stereocenters. The monoisotopic (exact) mass is 428 g/mol. The van der Waals surface area contributed by atoms with Crippen molar-refractivity contribution in [2.45, 2.75) is 45.2 Å². The molecule has 2 fully saturated rings. The normalized spacial score (nSPS) is 21.1. The molecular weight excluding hydrogens is 396 g/mol. The Hall–Kier alpha value is -2.79. The average Bonchev–Trinajstić information content (AvgIpc) is 3.02. The number of aromatic nitrogens is 2. The summed E-state index contributed by atoms with van der Waals surface area (Å²) in [5.74, 6) is 1.09. The first-order valence-corrected chi connectivity index (χ1v) is 12.0. The van der Waals surface area contributed by atoms with E-state index in [0.717, 1.165) is 69.4 Å². The van der Waals surface area contributed by atoms with Crippen LogP contribution in [0.4, 0.5) is 0 Å². The number of nitrogens with zero attached hydrogens (tertiary/aromatic N) is 4. The Kier molecular flexibility index (Phi) is 6.44. The quantitative estimate of drug-likeness (QED) is 0.593. The van der Waals surface area contributed by atoms with Gasteiger partial charge in [-0.2, -0.15) is 0 Å². The summed E-state index contributed by atoms with van der Waals surface area (Å²) in [4.78, 5) is 26.9. The van der Waals surface area contributed by atoms with Gasteiger partial charge in [-0.15, -0.1) is 0 Å². The van der Waals surface area contributed by atoms with E-state index < -0.39 is 0 Å². The molecule has 0 bridgehead atoms. The third kappa shape index (κ3) is 4.83. The first-order valence-electron chi connectivity index (χ1n) is 12.0. The second-order valence-corrected chi connectivity index (χ2v) is 9.34. The number of hydrogen-bond acceptors (Lipinski definition) is 4. The van der Waals surface area contributed by atoms with Crippen LogP contribution in [0.5, 0.6) is 0 Å². The van der Waals surface area contributed by atoms with Crippen LogP contribution in [0.15, 0.2) is 60.9 Å². The van der Waals surface area contributed by atoms with E-state index in [1.165, 1.54) is 17.5 Å². The Balaban J connectivity index is 1.19. The van der Waals surface area contributed by atoms with Crippen LogP contribution >= 0.6 is 0 Å². The molecule has 32 heavy (non-hydrogen) atoms. The van der Waals surface area contributed by atoms with Crippen molar-refractivity contribution in [2.75, 3.05) is 19.6 Å². The predicted molar refractivity (Wildman–Crippen MR) is 127 cm³/mol. The Bertz CT molecular complexity index is 1050. The van der Waals surface area contributed by atoms with Gasteiger partial charge in [0.2, 0.25) is 5.91 Å². The zero-order chi connectivity index (χ0) is 21.8. The summed E-state index contributed by atoms with van der Waals surface area (Å²) >= 11 is 0. The number of carbonyl (C=O) groups excluding carboxylic acids is 1. The zero-order valence-electron chi connectivity index (χ0n) is 18.7. The van der Waals surface area contributed by atoms with Gasteiger partial charge >= 0.3 is 0 Å².